The van der Waals surface area contributed by atoms with Crippen LogP contribution in [0.4, 0.5) is 26.3 Å². The van der Waals surface area contributed by atoms with Crippen LogP contribution in [0.15, 0.2) is 6.07 Å². The van der Waals surface area contributed by atoms with Crippen LogP contribution in [-0.2, 0) is 15.8 Å². The van der Waals surface area contributed by atoms with Gasteiger partial charge in [0, 0.05) is 6.07 Å². The molecule has 0 aliphatic carbocycles. The molecule has 0 atom stereocenters. The molecule has 0 saturated heterocycles. The summed E-state index contributed by atoms with van der Waals surface area (Å²) < 4.78 is 77.4. The molecule has 120 valence electrons. The van der Waals surface area contributed by atoms with Crippen LogP contribution in [0.1, 0.15) is 15.9 Å². The second-order valence-corrected chi connectivity index (χ2v) is 3.88. The third-order valence-electron chi connectivity index (χ3n) is 2.46. The molecule has 0 radical (unpaired) electrons. The maximum Gasteiger partial charge on any atom is 0.422 e. The Hall–Kier alpha value is -2.59. The van der Waals surface area contributed by atoms with Crippen LogP contribution in [0.25, 0.3) is 0 Å². The maximum absolute atomic E-state index is 13.6. The fourth-order valence-corrected chi connectivity index (χ4v) is 1.55. The molecule has 1 aromatic rings. The number of aliphatic carboxylic acids is 2. The van der Waals surface area contributed by atoms with Crippen molar-refractivity contribution >= 4 is 17.7 Å². The van der Waals surface area contributed by atoms with E-state index in [2.05, 4.69) is 0 Å². The molecule has 22 heavy (non-hydrogen) atoms. The van der Waals surface area contributed by atoms with Crippen molar-refractivity contribution in [3.8, 4) is 0 Å². The highest BCUT2D eigenvalue weighted by molar-refractivity contribution is 6.20. The Morgan fingerprint density at radius 2 is 1.41 bits per heavy atom. The van der Waals surface area contributed by atoms with E-state index >= 15 is 0 Å². The average Bonchev–Trinajstić information content (AvgIpc) is 2.23. The summed E-state index contributed by atoms with van der Waals surface area (Å²) in [5.41, 5.74) is -4.73. The fraction of sp³-hybridized carbons (Fsp3) is 0.182. The number of rotatable bonds is 4. The van der Waals surface area contributed by atoms with Crippen LogP contribution in [0.5, 0.6) is 0 Å². The van der Waals surface area contributed by atoms with Crippen molar-refractivity contribution in [2.45, 2.75) is 6.18 Å². The van der Waals surface area contributed by atoms with Gasteiger partial charge in [-0.2, -0.15) is 13.2 Å². The standard InChI is InChI=1S/C11H4F6O5/c12-2-1-3(13)6(11(15,16)17)7(14)4(2)8(18)5(9(19)20)10(21)22/h1,5H,(H,19,20)(H,21,22). The number of carboxylic acid groups (broad SMARTS) is 2. The van der Waals surface area contributed by atoms with Crippen LogP contribution in [0.3, 0.4) is 0 Å². The Morgan fingerprint density at radius 1 is 0.955 bits per heavy atom. The zero-order valence-electron chi connectivity index (χ0n) is 10.0. The topological polar surface area (TPSA) is 91.7 Å². The Balaban J connectivity index is 3.65. The first-order valence-electron chi connectivity index (χ1n) is 5.14. The lowest BCUT2D eigenvalue weighted by atomic mass is 9.95. The zero-order chi connectivity index (χ0) is 17.4. The normalized spacial score (nSPS) is 11.6. The molecule has 5 nitrogen and oxygen atoms in total. The fourth-order valence-electron chi connectivity index (χ4n) is 1.55. The van der Waals surface area contributed by atoms with Crippen LogP contribution in [0, 0.1) is 23.4 Å². The zero-order valence-corrected chi connectivity index (χ0v) is 10.0. The van der Waals surface area contributed by atoms with E-state index in [4.69, 9.17) is 10.2 Å². The predicted octanol–water partition coefficient (Wildman–Crippen LogP) is 2.09. The van der Waals surface area contributed by atoms with E-state index < -0.39 is 64.5 Å². The van der Waals surface area contributed by atoms with Crippen molar-refractivity contribution < 1.29 is 50.9 Å². The first-order valence-corrected chi connectivity index (χ1v) is 5.14. The van der Waals surface area contributed by atoms with Gasteiger partial charge in [0.1, 0.15) is 17.2 Å². The molecule has 0 fully saturated rings. The average molecular weight is 330 g/mol. The number of carboxylic acids is 2. The summed E-state index contributed by atoms with van der Waals surface area (Å²) in [5.74, 6) is -17.3. The molecule has 0 heterocycles. The highest BCUT2D eigenvalue weighted by Crippen LogP contribution is 2.36. The molecule has 1 aromatic carbocycles. The first kappa shape index (κ1) is 17.5. The lowest BCUT2D eigenvalue weighted by Gasteiger charge is -2.14. The van der Waals surface area contributed by atoms with Crippen LogP contribution >= 0.6 is 0 Å². The smallest absolute Gasteiger partial charge is 0.422 e. The number of carbonyl (C=O) groups excluding carboxylic acids is 1. The Labute approximate surface area is 116 Å². The van der Waals surface area contributed by atoms with Crippen molar-refractivity contribution in [2.75, 3.05) is 0 Å². The molecular formula is C11H4F6O5. The summed E-state index contributed by atoms with van der Waals surface area (Å²) >= 11 is 0. The van der Waals surface area contributed by atoms with Gasteiger partial charge in [-0.3, -0.25) is 14.4 Å². The number of ketones is 1. The lowest BCUT2D eigenvalue weighted by molar-refractivity contribution is -0.151. The van der Waals surface area contributed by atoms with E-state index in [1.165, 1.54) is 0 Å². The monoisotopic (exact) mass is 330 g/mol. The molecule has 0 bridgehead atoms. The molecular weight excluding hydrogens is 326 g/mol. The molecule has 0 aliphatic heterocycles. The highest BCUT2D eigenvalue weighted by Gasteiger charge is 2.44. The van der Waals surface area contributed by atoms with Gasteiger partial charge < -0.3 is 10.2 Å². The van der Waals surface area contributed by atoms with Gasteiger partial charge in [-0.1, -0.05) is 0 Å². The second-order valence-electron chi connectivity index (χ2n) is 3.88. The summed E-state index contributed by atoms with van der Waals surface area (Å²) in [4.78, 5) is 32.7. The van der Waals surface area contributed by atoms with Gasteiger partial charge in [0.2, 0.25) is 5.92 Å². The Morgan fingerprint density at radius 3 is 1.77 bits per heavy atom. The maximum atomic E-state index is 13.6. The number of halogens is 6. The van der Waals surface area contributed by atoms with Crippen molar-refractivity contribution in [1.29, 1.82) is 0 Å². The molecule has 0 amide bonds. The van der Waals surface area contributed by atoms with Crippen LogP contribution in [-0.4, -0.2) is 27.9 Å². The summed E-state index contributed by atoms with van der Waals surface area (Å²) in [6.45, 7) is 0. The van der Waals surface area contributed by atoms with Gasteiger partial charge in [-0.25, -0.2) is 13.2 Å². The minimum Gasteiger partial charge on any atom is -0.480 e. The van der Waals surface area contributed by atoms with Gasteiger partial charge in [0.25, 0.3) is 0 Å². The first-order chi connectivity index (χ1) is 9.89. The van der Waals surface area contributed by atoms with Gasteiger partial charge in [0.05, 0.1) is 5.56 Å². The SMILES string of the molecule is O=C(O)C(C(=O)O)C(=O)c1c(F)cc(F)c(C(F)(F)F)c1F. The third kappa shape index (κ3) is 3.02. The molecule has 1 rings (SSSR count). The Bertz CT molecular complexity index is 652. The summed E-state index contributed by atoms with van der Waals surface area (Å²) in [6, 6.07) is -0.486. The van der Waals surface area contributed by atoms with Crippen molar-refractivity contribution in [3.63, 3.8) is 0 Å². The minimum absolute atomic E-state index is 0.486. The van der Waals surface area contributed by atoms with E-state index in [-0.39, 0.29) is 0 Å². The summed E-state index contributed by atoms with van der Waals surface area (Å²) in [7, 11) is 0. The van der Waals surface area contributed by atoms with Gasteiger partial charge in [-0.15, -0.1) is 0 Å². The van der Waals surface area contributed by atoms with Crippen LogP contribution < -0.4 is 0 Å². The Kier molecular flexibility index (Phi) is 4.49. The molecule has 0 unspecified atom stereocenters. The molecule has 2 N–H and O–H groups in total. The second kappa shape index (κ2) is 5.66. The number of alkyl halides is 3. The van der Waals surface area contributed by atoms with Crippen LogP contribution in [0.2, 0.25) is 0 Å². The molecule has 0 aliphatic rings. The molecule has 0 aromatic heterocycles. The number of carbonyl (C=O) groups is 3. The number of hydrogen-bond donors (Lipinski definition) is 2. The quantitative estimate of drug-likeness (QED) is 0.501. The highest BCUT2D eigenvalue weighted by atomic mass is 19.4. The van der Waals surface area contributed by atoms with E-state index in [0.29, 0.717) is 0 Å². The van der Waals surface area contributed by atoms with Gasteiger partial charge >= 0.3 is 18.1 Å². The van der Waals surface area contributed by atoms with Gasteiger partial charge in [-0.05, 0) is 0 Å². The molecule has 11 heteroatoms. The van der Waals surface area contributed by atoms with E-state index in [1.807, 2.05) is 0 Å². The summed E-state index contributed by atoms with van der Waals surface area (Å²) in [5, 5.41) is 17.0. The number of benzene rings is 1. The lowest BCUT2D eigenvalue weighted by Crippen LogP contribution is -2.33. The number of hydrogen-bond acceptors (Lipinski definition) is 3. The molecule has 0 spiro atoms. The van der Waals surface area contributed by atoms with Crippen molar-refractivity contribution in [1.82, 2.24) is 0 Å². The largest absolute Gasteiger partial charge is 0.480 e. The summed E-state index contributed by atoms with van der Waals surface area (Å²) in [6.07, 6.45) is -5.65. The van der Waals surface area contributed by atoms with E-state index in [1.54, 1.807) is 0 Å². The molecule has 0 saturated carbocycles. The van der Waals surface area contributed by atoms with Crippen molar-refractivity contribution in [2.24, 2.45) is 5.92 Å². The van der Waals surface area contributed by atoms with Crippen molar-refractivity contribution in [3.05, 3.63) is 34.6 Å². The number of Topliss-reactive ketones (excluding diaryl/α,β-unsaturated/α-hetero) is 1. The minimum atomic E-state index is -5.65. The van der Waals surface area contributed by atoms with Gasteiger partial charge in [0.15, 0.2) is 11.6 Å². The van der Waals surface area contributed by atoms with E-state index in [9.17, 15) is 40.7 Å². The third-order valence-corrected chi connectivity index (χ3v) is 2.46. The predicted molar refractivity (Wildman–Crippen MR) is 54.4 cm³/mol. The van der Waals surface area contributed by atoms with E-state index in [0.717, 1.165) is 0 Å².